The molecule has 10 nitrogen and oxygen atoms in total. The van der Waals surface area contributed by atoms with Crippen molar-refractivity contribution in [3.8, 4) is 0 Å². The number of ketones is 2. The van der Waals surface area contributed by atoms with Crippen molar-refractivity contribution in [2.45, 2.75) is 71.4 Å². The molecule has 10 heteroatoms. The number of Topliss-reactive ketones (excluding diaryl/α,β-unsaturated/α-hetero) is 1. The molecule has 2 aliphatic rings. The number of carbonyl (C=O) groups is 4. The smallest absolute Gasteiger partial charge is 0.405 e. The summed E-state index contributed by atoms with van der Waals surface area (Å²) < 4.78 is 16.5. The first-order chi connectivity index (χ1) is 19.3. The largest absolute Gasteiger partial charge is 0.439 e. The van der Waals surface area contributed by atoms with Crippen LogP contribution in [0.25, 0.3) is 0 Å². The molecule has 1 aliphatic heterocycles. The summed E-state index contributed by atoms with van der Waals surface area (Å²) in [6.07, 6.45) is 5.70. The van der Waals surface area contributed by atoms with Crippen LogP contribution in [-0.4, -0.2) is 67.3 Å². The second-order valence-electron chi connectivity index (χ2n) is 10.5. The number of rotatable bonds is 5. The molecular formula is C31H42N2O8. The molecule has 4 N–H and O–H groups in total. The van der Waals surface area contributed by atoms with E-state index in [0.29, 0.717) is 23.1 Å². The predicted octanol–water partition coefficient (Wildman–Crippen LogP) is 3.38. The number of nitrogens with one attached hydrogen (secondary N) is 1. The molecule has 0 aromatic heterocycles. The van der Waals surface area contributed by atoms with Crippen LogP contribution in [0.4, 0.5) is 4.79 Å². The zero-order chi connectivity index (χ0) is 30.9. The minimum atomic E-state index is -0.997. The highest BCUT2D eigenvalue weighted by Gasteiger charge is 2.33. The Labute approximate surface area is 241 Å². The van der Waals surface area contributed by atoms with Crippen LogP contribution in [0.1, 0.15) is 47.0 Å². The van der Waals surface area contributed by atoms with E-state index in [4.69, 9.17) is 19.9 Å². The molecular weight excluding hydrogens is 528 g/mol. The van der Waals surface area contributed by atoms with Crippen molar-refractivity contribution in [3.05, 3.63) is 71.0 Å². The third-order valence-electron chi connectivity index (χ3n) is 7.26. The Morgan fingerprint density at radius 2 is 1.88 bits per heavy atom. The van der Waals surface area contributed by atoms with Crippen LogP contribution in [0.3, 0.4) is 0 Å². The lowest BCUT2D eigenvalue weighted by Gasteiger charge is -2.30. The van der Waals surface area contributed by atoms with Gasteiger partial charge in [-0.2, -0.15) is 0 Å². The van der Waals surface area contributed by atoms with Crippen molar-refractivity contribution >= 4 is 23.6 Å². The number of aliphatic hydroxyl groups is 1. The van der Waals surface area contributed by atoms with E-state index in [1.165, 1.54) is 20.3 Å². The van der Waals surface area contributed by atoms with E-state index in [9.17, 15) is 24.3 Å². The van der Waals surface area contributed by atoms with Gasteiger partial charge in [-0.05, 0) is 44.6 Å². The highest BCUT2D eigenvalue weighted by molar-refractivity contribution is 6.23. The van der Waals surface area contributed by atoms with Crippen LogP contribution >= 0.6 is 0 Å². The summed E-state index contributed by atoms with van der Waals surface area (Å²) in [6, 6.07) is 0. The Morgan fingerprint density at radius 1 is 1.20 bits per heavy atom. The summed E-state index contributed by atoms with van der Waals surface area (Å²) in [6.45, 7) is 10.7. The second kappa shape index (κ2) is 15.4. The number of nitrogens with two attached hydrogens (primary N) is 1. The maximum absolute atomic E-state index is 13.5. The Morgan fingerprint density at radius 3 is 2.46 bits per heavy atom. The number of aliphatic hydroxyl groups excluding tert-OH is 1. The van der Waals surface area contributed by atoms with Gasteiger partial charge in [-0.25, -0.2) is 4.79 Å². The fourth-order valence-corrected chi connectivity index (χ4v) is 5.01. The molecule has 2 rings (SSSR count). The molecule has 0 radical (unpaired) electrons. The quantitative estimate of drug-likeness (QED) is 0.336. The van der Waals surface area contributed by atoms with E-state index in [1.807, 2.05) is 6.92 Å². The summed E-state index contributed by atoms with van der Waals surface area (Å²) in [5.74, 6) is -1.97. The normalized spacial score (nSPS) is 32.2. The summed E-state index contributed by atoms with van der Waals surface area (Å²) in [7, 11) is 2.93. The maximum atomic E-state index is 13.5. The monoisotopic (exact) mass is 570 g/mol. The van der Waals surface area contributed by atoms with Crippen LogP contribution in [0.5, 0.6) is 0 Å². The van der Waals surface area contributed by atoms with E-state index in [-0.39, 0.29) is 35.8 Å². The van der Waals surface area contributed by atoms with Crippen molar-refractivity contribution in [2.75, 3.05) is 14.2 Å². The summed E-state index contributed by atoms with van der Waals surface area (Å²) in [4.78, 5) is 51.1. The van der Waals surface area contributed by atoms with Crippen molar-refractivity contribution in [1.29, 1.82) is 0 Å². The van der Waals surface area contributed by atoms with Crippen molar-refractivity contribution in [3.63, 3.8) is 0 Å². The van der Waals surface area contributed by atoms with Gasteiger partial charge < -0.3 is 30.4 Å². The highest BCUT2D eigenvalue weighted by Crippen LogP contribution is 2.30. The van der Waals surface area contributed by atoms with Gasteiger partial charge in [0.15, 0.2) is 11.9 Å². The van der Waals surface area contributed by atoms with Crippen LogP contribution in [0.2, 0.25) is 0 Å². The van der Waals surface area contributed by atoms with Crippen molar-refractivity contribution < 1.29 is 38.5 Å². The number of methoxy groups -OCH3 is 2. The summed E-state index contributed by atoms with van der Waals surface area (Å²) in [5, 5.41) is 13.8. The molecule has 6 atom stereocenters. The molecule has 2 amide bonds. The minimum absolute atomic E-state index is 0.105. The Kier molecular flexibility index (Phi) is 12.6. The Bertz CT molecular complexity index is 1190. The van der Waals surface area contributed by atoms with Crippen LogP contribution in [0.15, 0.2) is 71.0 Å². The third kappa shape index (κ3) is 8.94. The number of allylic oxidation sites excluding steroid dienone is 6. The van der Waals surface area contributed by atoms with Crippen molar-refractivity contribution in [1.82, 2.24) is 5.32 Å². The molecule has 41 heavy (non-hydrogen) atoms. The van der Waals surface area contributed by atoms with Gasteiger partial charge in [0.2, 0.25) is 5.78 Å². The lowest BCUT2D eigenvalue weighted by atomic mass is 9.82. The van der Waals surface area contributed by atoms with Crippen molar-refractivity contribution in [2.24, 2.45) is 17.6 Å². The van der Waals surface area contributed by atoms with Gasteiger partial charge in [0.25, 0.3) is 5.91 Å². The number of fused-ring (bicyclic) bond motifs is 2. The molecule has 1 aliphatic carbocycles. The van der Waals surface area contributed by atoms with Gasteiger partial charge in [0, 0.05) is 42.9 Å². The fourth-order valence-electron chi connectivity index (χ4n) is 5.01. The minimum Gasteiger partial charge on any atom is -0.439 e. The third-order valence-corrected chi connectivity index (χ3v) is 7.26. The zero-order valence-electron chi connectivity index (χ0n) is 24.6. The summed E-state index contributed by atoms with van der Waals surface area (Å²) in [5.41, 5.74) is 6.72. The molecule has 0 unspecified atom stereocenters. The maximum Gasteiger partial charge on any atom is 0.405 e. The first kappa shape index (κ1) is 33.6. The highest BCUT2D eigenvalue weighted by atomic mass is 16.6. The molecule has 0 saturated heterocycles. The number of hydrogen-bond acceptors (Lipinski definition) is 8. The topological polar surface area (TPSA) is 154 Å². The van der Waals surface area contributed by atoms with Gasteiger partial charge in [0.1, 0.15) is 6.10 Å². The van der Waals surface area contributed by atoms with E-state index in [0.717, 1.165) is 6.08 Å². The van der Waals surface area contributed by atoms with Gasteiger partial charge in [0.05, 0.1) is 17.9 Å². The molecule has 2 bridgehead atoms. The molecule has 0 saturated carbocycles. The van der Waals surface area contributed by atoms with E-state index in [1.54, 1.807) is 45.1 Å². The second-order valence-corrected chi connectivity index (χ2v) is 10.5. The van der Waals surface area contributed by atoms with E-state index in [2.05, 4.69) is 11.9 Å². The molecule has 0 spiro atoms. The Balaban J connectivity index is 2.62. The first-order valence-electron chi connectivity index (χ1n) is 13.5. The SMILES string of the molecule is C=CCC1=C2C[C@@H](C)C[C@H](OC)[C@H](O)[C@@H](C)/C=C(\C)[C@H](OC(N)=O)[C@@H](OC)/C=C\C=C(/C)C(=O)NC(=CC1=O)C2=O. The van der Waals surface area contributed by atoms with E-state index < -0.39 is 48.1 Å². The average molecular weight is 571 g/mol. The fraction of sp³-hybridized carbons (Fsp3) is 0.484. The van der Waals surface area contributed by atoms with Crippen LogP contribution in [0, 0.1) is 11.8 Å². The number of carbonyl (C=O) groups excluding carboxylic acids is 4. The number of ether oxygens (including phenoxy) is 3. The lowest BCUT2D eigenvalue weighted by molar-refractivity contribution is -0.120. The zero-order valence-corrected chi connectivity index (χ0v) is 24.6. The molecule has 0 aromatic carbocycles. The number of primary amides is 1. The molecule has 1 heterocycles. The van der Waals surface area contributed by atoms with E-state index >= 15 is 0 Å². The summed E-state index contributed by atoms with van der Waals surface area (Å²) >= 11 is 0. The molecule has 0 fully saturated rings. The Hall–Kier alpha value is -3.60. The average Bonchev–Trinajstić information content (AvgIpc) is 2.92. The van der Waals surface area contributed by atoms with Crippen LogP contribution < -0.4 is 11.1 Å². The molecule has 224 valence electrons. The van der Waals surface area contributed by atoms with Gasteiger partial charge in [-0.15, -0.1) is 6.58 Å². The molecule has 0 aromatic rings. The first-order valence-corrected chi connectivity index (χ1v) is 13.5. The predicted molar refractivity (Wildman–Crippen MR) is 154 cm³/mol. The van der Waals surface area contributed by atoms with Gasteiger partial charge in [-0.3, -0.25) is 14.4 Å². The standard InChI is InChI=1S/C31H42N2O8/c1-8-10-21-22-13-17(2)14-26(40-7)27(35)19(4)15-20(5)29(41-31(32)38)25(39-6)12-9-11-18(3)30(37)33-23(28(22)36)16-24(21)34/h8-9,11-12,15-17,19,25-27,29,35H,1,10,13-14H2,2-7H3,(H2,32,38)(H,33,37)/b12-9-,18-11+,20-15+/t17-,19+,25+,26+,27-,29+/m1/s1. The van der Waals surface area contributed by atoms with Crippen LogP contribution in [-0.2, 0) is 28.6 Å². The van der Waals surface area contributed by atoms with Gasteiger partial charge >= 0.3 is 6.09 Å². The number of hydrogen-bond donors (Lipinski definition) is 3. The number of amides is 2. The lowest BCUT2D eigenvalue weighted by Crippen LogP contribution is -2.37. The van der Waals surface area contributed by atoms with Gasteiger partial charge in [-0.1, -0.05) is 44.2 Å².